The fraction of sp³-hybridized carbons (Fsp3) is 0.238. The number of anilines is 2. The number of nitrogens with zero attached hydrogens (tertiary/aromatic N) is 1. The van der Waals surface area contributed by atoms with Crippen molar-refractivity contribution in [2.75, 3.05) is 24.7 Å². The summed E-state index contributed by atoms with van der Waals surface area (Å²) in [5, 5.41) is 3.19. The smallest absolute Gasteiger partial charge is 0.415 e. The van der Waals surface area contributed by atoms with Crippen molar-refractivity contribution >= 4 is 23.4 Å². The molecule has 0 aromatic heterocycles. The van der Waals surface area contributed by atoms with Gasteiger partial charge in [-0.1, -0.05) is 30.3 Å². The number of carbonyl (C=O) groups is 2. The molecule has 0 saturated heterocycles. The van der Waals surface area contributed by atoms with Gasteiger partial charge in [0, 0.05) is 18.3 Å². The van der Waals surface area contributed by atoms with Crippen LogP contribution in [-0.4, -0.2) is 30.6 Å². The Hall–Kier alpha value is -3.48. The normalized spacial score (nSPS) is 16.6. The molecule has 1 atom stereocenters. The molecule has 2 aromatic rings. The van der Waals surface area contributed by atoms with Crippen LogP contribution in [-0.2, 0) is 9.53 Å². The molecule has 0 spiro atoms. The predicted octanol–water partition coefficient (Wildman–Crippen LogP) is 3.70. The van der Waals surface area contributed by atoms with Crippen molar-refractivity contribution in [2.45, 2.75) is 19.9 Å². The number of hydrogen-bond acceptors (Lipinski definition) is 6. The molecule has 1 unspecified atom stereocenters. The van der Waals surface area contributed by atoms with Crippen LogP contribution >= 0.6 is 0 Å². The molecule has 0 saturated carbocycles. The summed E-state index contributed by atoms with van der Waals surface area (Å²) in [6.45, 7) is 3.71. The van der Waals surface area contributed by atoms with Crippen LogP contribution in [0.4, 0.5) is 16.2 Å². The summed E-state index contributed by atoms with van der Waals surface area (Å²) in [5.74, 6) is -0.0900. The van der Waals surface area contributed by atoms with Crippen molar-refractivity contribution in [3.8, 4) is 5.75 Å². The zero-order valence-electron chi connectivity index (χ0n) is 16.1. The van der Waals surface area contributed by atoms with Crippen LogP contribution in [0.1, 0.15) is 25.5 Å². The summed E-state index contributed by atoms with van der Waals surface area (Å²) in [6, 6.07) is 13.7. The summed E-state index contributed by atoms with van der Waals surface area (Å²) < 4.78 is 10.7. The highest BCUT2D eigenvalue weighted by Crippen LogP contribution is 2.40. The molecule has 0 bridgehead atoms. The summed E-state index contributed by atoms with van der Waals surface area (Å²) in [6.07, 6.45) is -0.544. The molecular weight excluding hydrogens is 358 g/mol. The van der Waals surface area contributed by atoms with Gasteiger partial charge in [0.25, 0.3) is 0 Å². The number of carbonyl (C=O) groups excluding carboxylic acids is 2. The second kappa shape index (κ2) is 8.04. The lowest BCUT2D eigenvalue weighted by atomic mass is 9.94. The van der Waals surface area contributed by atoms with Crippen molar-refractivity contribution in [3.05, 3.63) is 65.4 Å². The summed E-state index contributed by atoms with van der Waals surface area (Å²) in [7, 11) is 1.59. The zero-order valence-corrected chi connectivity index (χ0v) is 16.1. The fourth-order valence-electron chi connectivity index (χ4n) is 3.19. The molecule has 1 amide bonds. The molecule has 0 aliphatic carbocycles. The molecule has 1 heterocycles. The topological polar surface area (TPSA) is 93.9 Å². The van der Waals surface area contributed by atoms with Gasteiger partial charge >= 0.3 is 12.1 Å². The van der Waals surface area contributed by atoms with Gasteiger partial charge < -0.3 is 20.5 Å². The number of esters is 1. The number of benzene rings is 2. The van der Waals surface area contributed by atoms with Crippen LogP contribution in [0, 0.1) is 0 Å². The average Bonchev–Trinajstić information content (AvgIpc) is 2.67. The molecule has 2 aromatic carbocycles. The van der Waals surface area contributed by atoms with E-state index in [0.29, 0.717) is 34.0 Å². The Kier molecular flexibility index (Phi) is 5.54. The number of nitrogens with two attached hydrogens (primary N) is 1. The molecule has 1 aliphatic heterocycles. The van der Waals surface area contributed by atoms with Crippen LogP contribution in [0.25, 0.3) is 0 Å². The van der Waals surface area contributed by atoms with Crippen LogP contribution in [0.5, 0.6) is 5.75 Å². The monoisotopic (exact) mass is 381 g/mol. The zero-order chi connectivity index (χ0) is 20.3. The minimum atomic E-state index is -0.658. The maximum Gasteiger partial charge on any atom is 0.415 e. The lowest BCUT2D eigenvalue weighted by Gasteiger charge is -2.35. The Morgan fingerprint density at radius 3 is 2.61 bits per heavy atom. The van der Waals surface area contributed by atoms with Crippen LogP contribution in [0.2, 0.25) is 0 Å². The minimum Gasteiger partial charge on any atom is -0.463 e. The molecule has 1 aliphatic rings. The van der Waals surface area contributed by atoms with Gasteiger partial charge in [-0.25, -0.2) is 9.59 Å². The first kappa shape index (κ1) is 19.3. The molecular formula is C21H23N3O4. The standard InChI is InChI=1S/C21H23N3O4/c1-4-27-20(25)18(13(2)23-16-11-7-6-10-15(16)22)19-14-9-5-8-12-17(14)28-21(26)24(19)3/h5-12,19,23H,4,22H2,1-3H3/b18-13-. The van der Waals surface area contributed by atoms with Crippen molar-refractivity contribution < 1.29 is 19.1 Å². The first-order valence-corrected chi connectivity index (χ1v) is 8.97. The van der Waals surface area contributed by atoms with E-state index >= 15 is 0 Å². The van der Waals surface area contributed by atoms with Crippen molar-refractivity contribution in [1.82, 2.24) is 4.90 Å². The van der Waals surface area contributed by atoms with Gasteiger partial charge in [0.05, 0.1) is 29.6 Å². The number of hydrogen-bond donors (Lipinski definition) is 2. The van der Waals surface area contributed by atoms with E-state index in [1.54, 1.807) is 39.1 Å². The maximum atomic E-state index is 12.9. The Morgan fingerprint density at radius 2 is 1.89 bits per heavy atom. The van der Waals surface area contributed by atoms with Crippen LogP contribution in [0.3, 0.4) is 0 Å². The van der Waals surface area contributed by atoms with Crippen molar-refractivity contribution in [1.29, 1.82) is 0 Å². The average molecular weight is 381 g/mol. The third-order valence-corrected chi connectivity index (χ3v) is 4.54. The number of rotatable bonds is 5. The number of allylic oxidation sites excluding steroid dienone is 1. The second-order valence-electron chi connectivity index (χ2n) is 6.39. The second-order valence-corrected chi connectivity index (χ2v) is 6.39. The maximum absolute atomic E-state index is 12.9. The van der Waals surface area contributed by atoms with Crippen LogP contribution < -0.4 is 15.8 Å². The molecule has 0 fully saturated rings. The predicted molar refractivity (Wildman–Crippen MR) is 107 cm³/mol. The van der Waals surface area contributed by atoms with Crippen molar-refractivity contribution in [2.24, 2.45) is 0 Å². The minimum absolute atomic E-state index is 0.214. The third-order valence-electron chi connectivity index (χ3n) is 4.54. The van der Waals surface area contributed by atoms with Gasteiger partial charge in [0.2, 0.25) is 0 Å². The van der Waals surface area contributed by atoms with Gasteiger partial charge in [-0.05, 0) is 32.0 Å². The van der Waals surface area contributed by atoms with E-state index in [1.807, 2.05) is 30.3 Å². The number of fused-ring (bicyclic) bond motifs is 1. The number of nitrogens with one attached hydrogen (secondary N) is 1. The van der Waals surface area contributed by atoms with Crippen molar-refractivity contribution in [3.63, 3.8) is 0 Å². The van der Waals surface area contributed by atoms with Gasteiger partial charge in [-0.2, -0.15) is 0 Å². The molecule has 146 valence electrons. The number of nitrogen functional groups attached to an aromatic ring is 1. The van der Waals surface area contributed by atoms with E-state index in [2.05, 4.69) is 5.32 Å². The number of para-hydroxylation sites is 3. The Morgan fingerprint density at radius 1 is 1.21 bits per heavy atom. The molecule has 0 radical (unpaired) electrons. The molecule has 7 nitrogen and oxygen atoms in total. The number of amides is 1. The summed E-state index contributed by atoms with van der Waals surface area (Å²) in [5.41, 5.74) is 8.79. The quantitative estimate of drug-likeness (QED) is 0.466. The van der Waals surface area contributed by atoms with Gasteiger partial charge in [-0.15, -0.1) is 0 Å². The van der Waals surface area contributed by atoms with Crippen LogP contribution in [0.15, 0.2) is 59.8 Å². The highest BCUT2D eigenvalue weighted by Gasteiger charge is 2.38. The first-order chi connectivity index (χ1) is 13.4. The fourth-order valence-corrected chi connectivity index (χ4v) is 3.19. The highest BCUT2D eigenvalue weighted by molar-refractivity contribution is 5.93. The molecule has 3 N–H and O–H groups in total. The Labute approximate surface area is 163 Å². The number of ether oxygens (including phenoxy) is 2. The highest BCUT2D eigenvalue weighted by atomic mass is 16.6. The molecule has 7 heteroatoms. The van der Waals surface area contributed by atoms with Gasteiger partial charge in [0.1, 0.15) is 5.75 Å². The van der Waals surface area contributed by atoms with E-state index in [1.165, 1.54) is 4.90 Å². The van der Waals surface area contributed by atoms with E-state index in [4.69, 9.17) is 15.2 Å². The Balaban J connectivity index is 2.13. The van der Waals surface area contributed by atoms with E-state index in [-0.39, 0.29) is 6.61 Å². The van der Waals surface area contributed by atoms with E-state index in [0.717, 1.165) is 0 Å². The lowest BCUT2D eigenvalue weighted by molar-refractivity contribution is -0.139. The lowest BCUT2D eigenvalue weighted by Crippen LogP contribution is -2.41. The first-order valence-electron chi connectivity index (χ1n) is 8.97. The molecule has 28 heavy (non-hydrogen) atoms. The summed E-state index contributed by atoms with van der Waals surface area (Å²) >= 11 is 0. The van der Waals surface area contributed by atoms with E-state index < -0.39 is 18.1 Å². The largest absolute Gasteiger partial charge is 0.463 e. The third kappa shape index (κ3) is 3.64. The number of likely N-dealkylation sites (N-methyl/N-ethyl adjacent to an activating group) is 1. The Bertz CT molecular complexity index is 939. The SMILES string of the molecule is CCOC(=O)/C(=C(/C)Nc1ccccc1N)C1c2ccccc2OC(=O)N1C. The van der Waals surface area contributed by atoms with Gasteiger partial charge in [0.15, 0.2) is 0 Å². The van der Waals surface area contributed by atoms with E-state index in [9.17, 15) is 9.59 Å². The summed E-state index contributed by atoms with van der Waals surface area (Å²) in [4.78, 5) is 26.6. The molecule has 3 rings (SSSR count). The van der Waals surface area contributed by atoms with Gasteiger partial charge in [-0.3, -0.25) is 4.90 Å².